The lowest BCUT2D eigenvalue weighted by Crippen LogP contribution is -2.02. The van der Waals surface area contributed by atoms with Crippen LogP contribution in [0.15, 0.2) is 22.9 Å². The molecule has 0 bridgehead atoms. The van der Waals surface area contributed by atoms with E-state index in [9.17, 15) is 0 Å². The summed E-state index contributed by atoms with van der Waals surface area (Å²) in [5, 5.41) is 14.7. The van der Waals surface area contributed by atoms with Gasteiger partial charge in [0.1, 0.15) is 0 Å². The van der Waals surface area contributed by atoms with Gasteiger partial charge in [0.05, 0.1) is 29.6 Å². The van der Waals surface area contributed by atoms with Crippen LogP contribution in [-0.4, -0.2) is 20.3 Å². The van der Waals surface area contributed by atoms with Crippen LogP contribution in [0.2, 0.25) is 0 Å². The number of nitrogens with one attached hydrogen (secondary N) is 2. The molecule has 0 fully saturated rings. The molecule has 4 N–H and O–H groups in total. The summed E-state index contributed by atoms with van der Waals surface area (Å²) >= 11 is 0. The van der Waals surface area contributed by atoms with Gasteiger partial charge in [-0.3, -0.25) is 5.10 Å². The van der Waals surface area contributed by atoms with Crippen molar-refractivity contribution in [2.75, 3.05) is 11.1 Å². The maximum atomic E-state index is 5.94. The fraction of sp³-hybridized carbons (Fsp3) is 0.182. The molecule has 3 aromatic rings. The Morgan fingerprint density at radius 1 is 1.44 bits per heavy atom. The number of fused-ring (bicyclic) bond motifs is 1. The number of hydrogen-bond acceptors (Lipinski definition) is 6. The maximum Gasteiger partial charge on any atom is 0.245 e. The quantitative estimate of drug-likeness (QED) is 0.602. The van der Waals surface area contributed by atoms with E-state index in [4.69, 9.17) is 10.3 Å². The van der Waals surface area contributed by atoms with Gasteiger partial charge in [-0.15, -0.1) is 0 Å². The van der Waals surface area contributed by atoms with Crippen molar-refractivity contribution in [2.24, 2.45) is 0 Å². The van der Waals surface area contributed by atoms with Crippen LogP contribution in [0, 0.1) is 6.92 Å². The fourth-order valence-electron chi connectivity index (χ4n) is 1.74. The summed E-state index contributed by atoms with van der Waals surface area (Å²) < 4.78 is 5.01. The van der Waals surface area contributed by atoms with E-state index >= 15 is 0 Å². The Balaban J connectivity index is 1.83. The number of anilines is 2. The van der Waals surface area contributed by atoms with Gasteiger partial charge < -0.3 is 15.6 Å². The summed E-state index contributed by atoms with van der Waals surface area (Å²) in [5.74, 6) is 1.14. The molecule has 7 heteroatoms. The predicted molar refractivity (Wildman–Crippen MR) is 66.9 cm³/mol. The van der Waals surface area contributed by atoms with Crippen LogP contribution in [0.4, 0.5) is 11.4 Å². The fourth-order valence-corrected chi connectivity index (χ4v) is 1.74. The average Bonchev–Trinajstić information content (AvgIpc) is 2.94. The van der Waals surface area contributed by atoms with E-state index < -0.39 is 0 Å². The number of rotatable bonds is 3. The largest absolute Gasteiger partial charge is 0.397 e. The van der Waals surface area contributed by atoms with Gasteiger partial charge in [-0.2, -0.15) is 10.1 Å². The molecule has 18 heavy (non-hydrogen) atoms. The van der Waals surface area contributed by atoms with Crippen molar-refractivity contribution in [2.45, 2.75) is 13.5 Å². The molecule has 0 aliphatic carbocycles. The first-order valence-corrected chi connectivity index (χ1v) is 5.48. The SMILES string of the molecule is Cc1noc(CNc2cc3[nH]ncc3cc2N)n1. The highest BCUT2D eigenvalue weighted by Gasteiger charge is 2.06. The van der Waals surface area contributed by atoms with Crippen molar-refractivity contribution in [3.05, 3.63) is 30.0 Å². The van der Waals surface area contributed by atoms with Crippen molar-refractivity contribution >= 4 is 22.3 Å². The second kappa shape index (κ2) is 4.02. The normalized spacial score (nSPS) is 10.9. The molecule has 0 spiro atoms. The molecule has 0 radical (unpaired) electrons. The van der Waals surface area contributed by atoms with Crippen LogP contribution in [0.3, 0.4) is 0 Å². The van der Waals surface area contributed by atoms with Crippen molar-refractivity contribution in [3.8, 4) is 0 Å². The molecule has 0 aliphatic rings. The van der Waals surface area contributed by atoms with E-state index in [1.54, 1.807) is 13.1 Å². The monoisotopic (exact) mass is 244 g/mol. The Morgan fingerprint density at radius 2 is 2.33 bits per heavy atom. The van der Waals surface area contributed by atoms with Crippen molar-refractivity contribution in [1.82, 2.24) is 20.3 Å². The van der Waals surface area contributed by atoms with Crippen LogP contribution < -0.4 is 11.1 Å². The first kappa shape index (κ1) is 10.6. The lowest BCUT2D eigenvalue weighted by Gasteiger charge is -2.07. The topological polar surface area (TPSA) is 106 Å². The minimum atomic E-state index is 0.435. The van der Waals surface area contributed by atoms with Crippen LogP contribution in [0.25, 0.3) is 10.9 Å². The summed E-state index contributed by atoms with van der Waals surface area (Å²) in [7, 11) is 0. The number of nitrogens with two attached hydrogens (primary N) is 1. The van der Waals surface area contributed by atoms with E-state index in [1.807, 2.05) is 12.1 Å². The Hall–Kier alpha value is -2.57. The van der Waals surface area contributed by atoms with Gasteiger partial charge in [0, 0.05) is 5.39 Å². The van der Waals surface area contributed by atoms with Gasteiger partial charge in [-0.05, 0) is 19.1 Å². The van der Waals surface area contributed by atoms with Gasteiger partial charge in [0.2, 0.25) is 5.89 Å². The zero-order chi connectivity index (χ0) is 12.5. The zero-order valence-electron chi connectivity index (χ0n) is 9.77. The molecule has 0 unspecified atom stereocenters. The Labute approximate surface area is 102 Å². The van der Waals surface area contributed by atoms with E-state index in [1.165, 1.54) is 0 Å². The van der Waals surface area contributed by atoms with E-state index in [-0.39, 0.29) is 0 Å². The molecule has 0 atom stereocenters. The third-order valence-electron chi connectivity index (χ3n) is 2.61. The summed E-state index contributed by atoms with van der Waals surface area (Å²) in [6, 6.07) is 3.77. The third-order valence-corrected chi connectivity index (χ3v) is 2.61. The summed E-state index contributed by atoms with van der Waals surface area (Å²) in [6.07, 6.45) is 1.73. The minimum Gasteiger partial charge on any atom is -0.397 e. The maximum absolute atomic E-state index is 5.94. The smallest absolute Gasteiger partial charge is 0.245 e. The second-order valence-corrected chi connectivity index (χ2v) is 3.99. The summed E-state index contributed by atoms with van der Waals surface area (Å²) in [5.41, 5.74) is 8.33. The van der Waals surface area contributed by atoms with Gasteiger partial charge in [-0.25, -0.2) is 0 Å². The Bertz CT molecular complexity index is 686. The van der Waals surface area contributed by atoms with Gasteiger partial charge >= 0.3 is 0 Å². The third kappa shape index (κ3) is 1.86. The highest BCUT2D eigenvalue weighted by atomic mass is 16.5. The molecule has 7 nitrogen and oxygen atoms in total. The molecule has 1 aromatic carbocycles. The van der Waals surface area contributed by atoms with Crippen LogP contribution >= 0.6 is 0 Å². The first-order chi connectivity index (χ1) is 8.72. The Morgan fingerprint density at radius 3 is 3.11 bits per heavy atom. The molecular weight excluding hydrogens is 232 g/mol. The number of aryl methyl sites for hydroxylation is 1. The van der Waals surface area contributed by atoms with E-state index in [0.717, 1.165) is 16.6 Å². The van der Waals surface area contributed by atoms with Crippen LogP contribution in [-0.2, 0) is 6.54 Å². The van der Waals surface area contributed by atoms with E-state index in [0.29, 0.717) is 23.9 Å². The molecule has 0 saturated heterocycles. The number of aromatic nitrogens is 4. The molecule has 2 aromatic heterocycles. The molecular formula is C11H12N6O. The molecule has 0 amide bonds. The van der Waals surface area contributed by atoms with Crippen molar-refractivity contribution < 1.29 is 4.52 Å². The molecule has 0 aliphatic heterocycles. The number of nitrogens with zero attached hydrogens (tertiary/aromatic N) is 3. The highest BCUT2D eigenvalue weighted by molar-refractivity contribution is 5.88. The standard InChI is InChI=1S/C11H12N6O/c1-6-15-11(18-17-6)5-13-10-3-9-7(2-8(10)12)4-14-16-9/h2-4,13H,5,12H2,1H3,(H,14,16). The predicted octanol–water partition coefficient (Wildman–Crippen LogP) is 1.45. The number of aromatic amines is 1. The van der Waals surface area contributed by atoms with Crippen LogP contribution in [0.1, 0.15) is 11.7 Å². The van der Waals surface area contributed by atoms with Gasteiger partial charge in [0.15, 0.2) is 5.82 Å². The number of nitrogen functional groups attached to an aromatic ring is 1. The molecule has 92 valence electrons. The lowest BCUT2D eigenvalue weighted by molar-refractivity contribution is 0.379. The second-order valence-electron chi connectivity index (χ2n) is 3.99. The molecule has 2 heterocycles. The number of hydrogen-bond donors (Lipinski definition) is 3. The van der Waals surface area contributed by atoms with Gasteiger partial charge in [0.25, 0.3) is 0 Å². The zero-order valence-corrected chi connectivity index (χ0v) is 9.77. The highest BCUT2D eigenvalue weighted by Crippen LogP contribution is 2.24. The minimum absolute atomic E-state index is 0.435. The van der Waals surface area contributed by atoms with Crippen molar-refractivity contribution in [1.29, 1.82) is 0 Å². The lowest BCUT2D eigenvalue weighted by atomic mass is 10.2. The first-order valence-electron chi connectivity index (χ1n) is 5.48. The van der Waals surface area contributed by atoms with E-state index in [2.05, 4.69) is 25.7 Å². The Kier molecular flexibility index (Phi) is 2.36. The van der Waals surface area contributed by atoms with Crippen molar-refractivity contribution in [3.63, 3.8) is 0 Å². The molecule has 0 saturated carbocycles. The summed E-state index contributed by atoms with van der Waals surface area (Å²) in [6.45, 7) is 2.21. The average molecular weight is 244 g/mol. The number of benzene rings is 1. The van der Waals surface area contributed by atoms with Gasteiger partial charge in [-0.1, -0.05) is 5.16 Å². The number of H-pyrrole nitrogens is 1. The summed E-state index contributed by atoms with van der Waals surface area (Å²) in [4.78, 5) is 4.11. The molecule has 3 rings (SSSR count). The van der Waals surface area contributed by atoms with Crippen LogP contribution in [0.5, 0.6) is 0 Å².